The van der Waals surface area contributed by atoms with Crippen LogP contribution in [0.5, 0.6) is 0 Å². The van der Waals surface area contributed by atoms with Crippen LogP contribution in [0.4, 0.5) is 22.7 Å². The summed E-state index contributed by atoms with van der Waals surface area (Å²) in [6, 6.07) is 5.38. The summed E-state index contributed by atoms with van der Waals surface area (Å²) in [5, 5.41) is 0. The molecule has 0 atom stereocenters. The van der Waals surface area contributed by atoms with Gasteiger partial charge in [0.05, 0.1) is 32.5 Å². The van der Waals surface area contributed by atoms with E-state index < -0.39 is 9.84 Å². The molecule has 0 saturated carbocycles. The van der Waals surface area contributed by atoms with Crippen LogP contribution in [0.25, 0.3) is 0 Å². The van der Waals surface area contributed by atoms with Crippen LogP contribution in [-0.2, 0) is 22.9 Å². The molecule has 2 rings (SSSR count). The van der Waals surface area contributed by atoms with E-state index >= 15 is 0 Å². The quantitative estimate of drug-likeness (QED) is 0.412. The molecule has 12 N–H and O–H groups in total. The second kappa shape index (κ2) is 5.95. The summed E-state index contributed by atoms with van der Waals surface area (Å²) >= 11 is 0. The third-order valence-corrected chi connectivity index (χ3v) is 5.32. The molecule has 0 bridgehead atoms. The van der Waals surface area contributed by atoms with Crippen molar-refractivity contribution in [1.82, 2.24) is 0 Å². The highest BCUT2D eigenvalue weighted by Crippen LogP contribution is 2.32. The van der Waals surface area contributed by atoms with Gasteiger partial charge in [0.25, 0.3) is 0 Å². The van der Waals surface area contributed by atoms with Crippen molar-refractivity contribution in [1.29, 1.82) is 0 Å². The van der Waals surface area contributed by atoms with Crippen LogP contribution in [0.15, 0.2) is 34.1 Å². The first kappa shape index (κ1) is 16.9. The molecule has 0 heterocycles. The number of hydrogen-bond donors (Lipinski definition) is 6. The Kier molecular flexibility index (Phi) is 4.37. The molecule has 0 spiro atoms. The molecule has 2 aromatic carbocycles. The van der Waals surface area contributed by atoms with Crippen LogP contribution in [0, 0.1) is 0 Å². The van der Waals surface area contributed by atoms with Gasteiger partial charge in [0.1, 0.15) is 0 Å². The van der Waals surface area contributed by atoms with Gasteiger partial charge in [-0.25, -0.2) is 8.42 Å². The fourth-order valence-corrected chi connectivity index (χ4v) is 3.63. The predicted molar refractivity (Wildman–Crippen MR) is 91.8 cm³/mol. The number of nitrogens with two attached hydrogens (primary N) is 6. The van der Waals surface area contributed by atoms with E-state index in [2.05, 4.69) is 0 Å². The Morgan fingerprint density at radius 1 is 0.696 bits per heavy atom. The Bertz CT molecular complexity index is 799. The van der Waals surface area contributed by atoms with Gasteiger partial charge >= 0.3 is 0 Å². The van der Waals surface area contributed by atoms with Crippen molar-refractivity contribution >= 4 is 32.6 Å². The zero-order valence-corrected chi connectivity index (χ0v) is 13.2. The van der Waals surface area contributed by atoms with Crippen molar-refractivity contribution in [2.24, 2.45) is 11.5 Å². The predicted octanol–water partition coefficient (Wildman–Crippen LogP) is -0.234. The Labute approximate surface area is 134 Å². The fraction of sp³-hybridized carbons (Fsp3) is 0.143. The molecule has 0 amide bonds. The molecule has 0 aliphatic rings. The van der Waals surface area contributed by atoms with Crippen molar-refractivity contribution in [2.45, 2.75) is 22.9 Å². The fourth-order valence-electron chi connectivity index (χ4n) is 2.20. The summed E-state index contributed by atoms with van der Waals surface area (Å²) < 4.78 is 25.6. The van der Waals surface area contributed by atoms with Crippen molar-refractivity contribution in [3.05, 3.63) is 35.4 Å². The summed E-state index contributed by atoms with van der Waals surface area (Å²) in [7, 11) is -3.86. The van der Waals surface area contributed by atoms with E-state index in [1.807, 2.05) is 0 Å². The van der Waals surface area contributed by atoms with Crippen LogP contribution < -0.4 is 34.4 Å². The molecule has 9 heteroatoms. The molecule has 8 nitrogen and oxygen atoms in total. The SMILES string of the molecule is NCc1cc(S(=O)(=O)c2cc(N)c(N)c(CN)c2)cc(N)c1N. The average Bonchev–Trinajstić information content (AvgIpc) is 2.52. The van der Waals surface area contributed by atoms with Crippen molar-refractivity contribution in [3.8, 4) is 0 Å². The third-order valence-electron chi connectivity index (χ3n) is 3.60. The van der Waals surface area contributed by atoms with Crippen LogP contribution >= 0.6 is 0 Å². The van der Waals surface area contributed by atoms with E-state index in [-0.39, 0.29) is 45.6 Å². The molecule has 0 aliphatic heterocycles. The van der Waals surface area contributed by atoms with Gasteiger partial charge in [0.15, 0.2) is 0 Å². The van der Waals surface area contributed by atoms with Crippen LogP contribution in [0.2, 0.25) is 0 Å². The second-order valence-corrected chi connectivity index (χ2v) is 7.03. The number of hydrogen-bond acceptors (Lipinski definition) is 8. The van der Waals surface area contributed by atoms with E-state index in [0.29, 0.717) is 11.1 Å². The number of rotatable bonds is 4. The molecule has 2 aromatic rings. The van der Waals surface area contributed by atoms with Crippen LogP contribution in [-0.4, -0.2) is 8.42 Å². The molecule has 0 saturated heterocycles. The number of anilines is 4. The monoisotopic (exact) mass is 336 g/mol. The molecule has 0 radical (unpaired) electrons. The summed E-state index contributed by atoms with van der Waals surface area (Å²) in [5.74, 6) is 0. The minimum atomic E-state index is -3.86. The molecular formula is C14H20N6O2S. The van der Waals surface area contributed by atoms with E-state index in [0.717, 1.165) is 0 Å². The summed E-state index contributed by atoms with van der Waals surface area (Å²) in [5.41, 5.74) is 36.0. The smallest absolute Gasteiger partial charge is 0.206 e. The van der Waals surface area contributed by atoms with Gasteiger partial charge in [0.2, 0.25) is 9.84 Å². The molecule has 0 aromatic heterocycles. The number of nitrogen functional groups attached to an aromatic ring is 4. The first-order chi connectivity index (χ1) is 10.7. The molecule has 23 heavy (non-hydrogen) atoms. The standard InChI is InChI=1S/C14H20N6O2S/c15-5-7-1-9(3-11(17)13(7)19)23(21,22)10-2-8(6-16)14(20)12(18)4-10/h1-4H,5-6,15-20H2. The van der Waals surface area contributed by atoms with Gasteiger partial charge in [-0.05, 0) is 35.4 Å². The van der Waals surface area contributed by atoms with Crippen molar-refractivity contribution < 1.29 is 8.42 Å². The lowest BCUT2D eigenvalue weighted by atomic mass is 10.1. The van der Waals surface area contributed by atoms with Gasteiger partial charge in [0, 0.05) is 13.1 Å². The van der Waals surface area contributed by atoms with E-state index in [9.17, 15) is 8.42 Å². The summed E-state index contributed by atoms with van der Waals surface area (Å²) in [4.78, 5) is -0.0337. The zero-order chi connectivity index (χ0) is 17.4. The molecule has 0 aliphatic carbocycles. The van der Waals surface area contributed by atoms with Gasteiger partial charge < -0.3 is 34.4 Å². The van der Waals surface area contributed by atoms with Crippen LogP contribution in [0.3, 0.4) is 0 Å². The molecule has 0 fully saturated rings. The number of benzene rings is 2. The highest BCUT2D eigenvalue weighted by molar-refractivity contribution is 7.91. The average molecular weight is 336 g/mol. The van der Waals surface area contributed by atoms with E-state index in [1.165, 1.54) is 24.3 Å². The maximum atomic E-state index is 12.8. The van der Waals surface area contributed by atoms with Crippen molar-refractivity contribution in [2.75, 3.05) is 22.9 Å². The summed E-state index contributed by atoms with van der Waals surface area (Å²) in [6.07, 6.45) is 0. The number of sulfone groups is 1. The molecule has 124 valence electrons. The van der Waals surface area contributed by atoms with E-state index in [4.69, 9.17) is 34.4 Å². The first-order valence-electron chi connectivity index (χ1n) is 6.73. The lowest BCUT2D eigenvalue weighted by Gasteiger charge is -2.13. The third kappa shape index (κ3) is 2.89. The lowest BCUT2D eigenvalue weighted by molar-refractivity contribution is 0.596. The minimum Gasteiger partial charge on any atom is -0.397 e. The zero-order valence-electron chi connectivity index (χ0n) is 12.4. The van der Waals surface area contributed by atoms with Gasteiger partial charge in [-0.2, -0.15) is 0 Å². The largest absolute Gasteiger partial charge is 0.397 e. The van der Waals surface area contributed by atoms with Gasteiger partial charge in [-0.3, -0.25) is 0 Å². The topological polar surface area (TPSA) is 190 Å². The Hall–Kier alpha value is -2.49. The minimum absolute atomic E-state index is 0.0169. The van der Waals surface area contributed by atoms with Gasteiger partial charge in [-0.1, -0.05) is 0 Å². The lowest BCUT2D eigenvalue weighted by Crippen LogP contribution is -2.11. The maximum Gasteiger partial charge on any atom is 0.206 e. The second-order valence-electron chi connectivity index (χ2n) is 5.08. The highest BCUT2D eigenvalue weighted by atomic mass is 32.2. The normalized spacial score (nSPS) is 11.6. The maximum absolute atomic E-state index is 12.8. The van der Waals surface area contributed by atoms with Crippen LogP contribution in [0.1, 0.15) is 11.1 Å². The Balaban J connectivity index is 2.68. The first-order valence-corrected chi connectivity index (χ1v) is 8.21. The Morgan fingerprint density at radius 2 is 1.04 bits per heavy atom. The molecular weight excluding hydrogens is 316 g/mol. The summed E-state index contributed by atoms with van der Waals surface area (Å²) in [6.45, 7) is 0.134. The van der Waals surface area contributed by atoms with Crippen molar-refractivity contribution in [3.63, 3.8) is 0 Å². The molecule has 0 unspecified atom stereocenters. The Morgan fingerprint density at radius 3 is 1.35 bits per heavy atom. The van der Waals surface area contributed by atoms with E-state index in [1.54, 1.807) is 0 Å². The highest BCUT2D eigenvalue weighted by Gasteiger charge is 2.22. The van der Waals surface area contributed by atoms with Gasteiger partial charge in [-0.15, -0.1) is 0 Å².